The third-order valence-electron chi connectivity index (χ3n) is 4.27. The van der Waals surface area contributed by atoms with Crippen LogP contribution in [-0.4, -0.2) is 29.3 Å². The van der Waals surface area contributed by atoms with Gasteiger partial charge in [-0.2, -0.15) is 0 Å². The quantitative estimate of drug-likeness (QED) is 0.915. The molecule has 23 heavy (non-hydrogen) atoms. The molecule has 0 spiro atoms. The van der Waals surface area contributed by atoms with Gasteiger partial charge in [0, 0.05) is 6.04 Å². The predicted molar refractivity (Wildman–Crippen MR) is 92.2 cm³/mol. The van der Waals surface area contributed by atoms with Gasteiger partial charge in [-0.1, -0.05) is 43.2 Å². The fraction of sp³-hybridized carbons (Fsp3) is 0.333. The largest absolute Gasteiger partial charge is 0.368 e. The van der Waals surface area contributed by atoms with E-state index in [1.54, 1.807) is 4.90 Å². The fourth-order valence-corrected chi connectivity index (χ4v) is 3.99. The first-order chi connectivity index (χ1) is 11.1. The standard InChI is InChI=1S/C18H20N2O2S/c19-17(21)11-20(15-8-4-5-9-15)18(22)16-10-14(12-23-16)13-6-2-1-3-7-13/h1-3,6-7,10,12,15H,4-5,8-9,11H2,(H2,19,21). The number of primary amides is 1. The summed E-state index contributed by atoms with van der Waals surface area (Å²) >= 11 is 1.42. The summed E-state index contributed by atoms with van der Waals surface area (Å²) < 4.78 is 0. The van der Waals surface area contributed by atoms with Crippen molar-refractivity contribution in [1.29, 1.82) is 0 Å². The minimum atomic E-state index is -0.454. The number of carbonyl (C=O) groups is 2. The molecule has 0 atom stereocenters. The summed E-state index contributed by atoms with van der Waals surface area (Å²) in [6.07, 6.45) is 4.12. The van der Waals surface area contributed by atoms with E-state index >= 15 is 0 Å². The monoisotopic (exact) mass is 328 g/mol. The molecule has 4 nitrogen and oxygen atoms in total. The first-order valence-corrected chi connectivity index (χ1v) is 8.76. The van der Waals surface area contributed by atoms with Crippen LogP contribution in [0, 0.1) is 0 Å². The van der Waals surface area contributed by atoms with Crippen molar-refractivity contribution < 1.29 is 9.59 Å². The molecule has 1 fully saturated rings. The Bertz CT molecular complexity index is 690. The van der Waals surface area contributed by atoms with Gasteiger partial charge in [0.1, 0.15) is 0 Å². The van der Waals surface area contributed by atoms with Crippen molar-refractivity contribution in [3.63, 3.8) is 0 Å². The summed E-state index contributed by atoms with van der Waals surface area (Å²) in [5.41, 5.74) is 7.46. The zero-order valence-corrected chi connectivity index (χ0v) is 13.7. The van der Waals surface area contributed by atoms with Crippen LogP contribution >= 0.6 is 11.3 Å². The Labute approximate surface area is 139 Å². The van der Waals surface area contributed by atoms with Crippen LogP contribution in [0.3, 0.4) is 0 Å². The SMILES string of the molecule is NC(=O)CN(C(=O)c1cc(-c2ccccc2)cs1)C1CCCC1. The van der Waals surface area contributed by atoms with Crippen molar-refractivity contribution in [2.45, 2.75) is 31.7 Å². The average Bonchev–Trinajstić information content (AvgIpc) is 3.24. The normalized spacial score (nSPS) is 14.8. The Balaban J connectivity index is 1.82. The lowest BCUT2D eigenvalue weighted by atomic mass is 10.1. The molecular formula is C18H20N2O2S. The highest BCUT2D eigenvalue weighted by molar-refractivity contribution is 7.12. The van der Waals surface area contributed by atoms with Crippen molar-refractivity contribution in [2.75, 3.05) is 6.54 Å². The van der Waals surface area contributed by atoms with Crippen LogP contribution in [0.4, 0.5) is 0 Å². The number of hydrogen-bond acceptors (Lipinski definition) is 3. The van der Waals surface area contributed by atoms with Crippen LogP contribution in [0.5, 0.6) is 0 Å². The van der Waals surface area contributed by atoms with E-state index < -0.39 is 5.91 Å². The molecule has 0 radical (unpaired) electrons. The summed E-state index contributed by atoms with van der Waals surface area (Å²) in [5, 5.41) is 1.99. The van der Waals surface area contributed by atoms with Crippen LogP contribution < -0.4 is 5.73 Å². The molecule has 1 saturated carbocycles. The van der Waals surface area contributed by atoms with Gasteiger partial charge in [-0.3, -0.25) is 9.59 Å². The highest BCUT2D eigenvalue weighted by Gasteiger charge is 2.29. The van der Waals surface area contributed by atoms with E-state index in [9.17, 15) is 9.59 Å². The molecule has 1 aliphatic rings. The van der Waals surface area contributed by atoms with Gasteiger partial charge in [-0.25, -0.2) is 0 Å². The molecule has 0 saturated heterocycles. The molecule has 5 heteroatoms. The van der Waals surface area contributed by atoms with Gasteiger partial charge in [0.15, 0.2) is 0 Å². The second-order valence-electron chi connectivity index (χ2n) is 5.90. The number of rotatable bonds is 5. The summed E-state index contributed by atoms with van der Waals surface area (Å²) in [7, 11) is 0. The van der Waals surface area contributed by atoms with Crippen molar-refractivity contribution in [2.24, 2.45) is 5.73 Å². The first kappa shape index (κ1) is 15.7. The number of amides is 2. The summed E-state index contributed by atoms with van der Waals surface area (Å²) in [6, 6.07) is 12.0. The average molecular weight is 328 g/mol. The van der Waals surface area contributed by atoms with Crippen LogP contribution in [0.25, 0.3) is 11.1 Å². The molecule has 0 aliphatic heterocycles. The molecular weight excluding hydrogens is 308 g/mol. The van der Waals surface area contributed by atoms with Crippen LogP contribution in [0.1, 0.15) is 35.4 Å². The smallest absolute Gasteiger partial charge is 0.264 e. The Morgan fingerprint density at radius 1 is 1.13 bits per heavy atom. The second-order valence-corrected chi connectivity index (χ2v) is 6.81. The van der Waals surface area contributed by atoms with Gasteiger partial charge in [0.05, 0.1) is 11.4 Å². The molecule has 1 aromatic carbocycles. The lowest BCUT2D eigenvalue weighted by Gasteiger charge is -2.27. The van der Waals surface area contributed by atoms with Gasteiger partial charge in [0.2, 0.25) is 5.91 Å². The number of carbonyl (C=O) groups excluding carboxylic acids is 2. The van der Waals surface area contributed by atoms with E-state index in [0.717, 1.165) is 36.8 Å². The zero-order valence-electron chi connectivity index (χ0n) is 12.9. The highest BCUT2D eigenvalue weighted by Crippen LogP contribution is 2.29. The second kappa shape index (κ2) is 6.96. The maximum Gasteiger partial charge on any atom is 0.264 e. The summed E-state index contributed by atoms with van der Waals surface area (Å²) in [4.78, 5) is 26.5. The molecule has 2 amide bonds. The Morgan fingerprint density at radius 2 is 1.83 bits per heavy atom. The van der Waals surface area contributed by atoms with Crippen LogP contribution in [0.2, 0.25) is 0 Å². The number of nitrogens with zero attached hydrogens (tertiary/aromatic N) is 1. The number of nitrogens with two attached hydrogens (primary N) is 1. The van der Waals surface area contributed by atoms with E-state index in [1.165, 1.54) is 11.3 Å². The summed E-state index contributed by atoms with van der Waals surface area (Å²) in [6.45, 7) is 0.00205. The maximum absolute atomic E-state index is 12.8. The van der Waals surface area contributed by atoms with E-state index in [4.69, 9.17) is 5.73 Å². The molecule has 2 aromatic rings. The van der Waals surface area contributed by atoms with Crippen molar-refractivity contribution in [3.8, 4) is 11.1 Å². The molecule has 0 bridgehead atoms. The minimum absolute atomic E-state index is 0.00205. The van der Waals surface area contributed by atoms with E-state index in [-0.39, 0.29) is 18.5 Å². The van der Waals surface area contributed by atoms with Gasteiger partial charge >= 0.3 is 0 Å². The van der Waals surface area contributed by atoms with E-state index in [1.807, 2.05) is 41.8 Å². The number of benzene rings is 1. The molecule has 2 N–H and O–H groups in total. The molecule has 3 rings (SSSR count). The van der Waals surface area contributed by atoms with Gasteiger partial charge in [-0.05, 0) is 35.4 Å². The number of hydrogen-bond donors (Lipinski definition) is 1. The minimum Gasteiger partial charge on any atom is -0.368 e. The zero-order chi connectivity index (χ0) is 16.2. The van der Waals surface area contributed by atoms with E-state index in [2.05, 4.69) is 0 Å². The Morgan fingerprint density at radius 3 is 2.48 bits per heavy atom. The molecule has 0 unspecified atom stereocenters. The van der Waals surface area contributed by atoms with Crippen molar-refractivity contribution in [1.82, 2.24) is 4.90 Å². The van der Waals surface area contributed by atoms with E-state index in [0.29, 0.717) is 4.88 Å². The Kier molecular flexibility index (Phi) is 4.76. The number of thiophene rings is 1. The molecule has 1 heterocycles. The van der Waals surface area contributed by atoms with Crippen LogP contribution in [0.15, 0.2) is 41.8 Å². The third-order valence-corrected chi connectivity index (χ3v) is 5.19. The summed E-state index contributed by atoms with van der Waals surface area (Å²) in [5.74, 6) is -0.534. The molecule has 1 aliphatic carbocycles. The Hall–Kier alpha value is -2.14. The van der Waals surface area contributed by atoms with Gasteiger partial charge in [-0.15, -0.1) is 11.3 Å². The van der Waals surface area contributed by atoms with Crippen molar-refractivity contribution >= 4 is 23.2 Å². The molecule has 1 aromatic heterocycles. The van der Waals surface area contributed by atoms with Crippen molar-refractivity contribution in [3.05, 3.63) is 46.7 Å². The highest BCUT2D eigenvalue weighted by atomic mass is 32.1. The van der Waals surface area contributed by atoms with Crippen LogP contribution in [-0.2, 0) is 4.79 Å². The fourth-order valence-electron chi connectivity index (χ4n) is 3.12. The first-order valence-electron chi connectivity index (χ1n) is 7.88. The predicted octanol–water partition coefficient (Wildman–Crippen LogP) is 3.29. The lowest BCUT2D eigenvalue weighted by Crippen LogP contribution is -2.43. The van der Waals surface area contributed by atoms with Gasteiger partial charge in [0.25, 0.3) is 5.91 Å². The van der Waals surface area contributed by atoms with Gasteiger partial charge < -0.3 is 10.6 Å². The topological polar surface area (TPSA) is 63.4 Å². The maximum atomic E-state index is 12.8. The third kappa shape index (κ3) is 3.62. The molecule has 120 valence electrons. The lowest BCUT2D eigenvalue weighted by molar-refractivity contribution is -0.119.